The number of halogens is 2. The Labute approximate surface area is 241 Å². The third-order valence-electron chi connectivity index (χ3n) is 6.35. The Bertz CT molecular complexity index is 1410. The number of nitrogens with one attached hydrogen (secondary N) is 1. The number of amides is 2. The standard InChI is InChI=1S/C30H35ClFN3O4S/c1-5-27(30(37)33-18-21(2)3)34(19-23-12-14-24(31)15-13-23)29(36)20-35(28-9-7-6-8-26(28)32)40(38,39)25-16-10-22(4)11-17-25/h6-17,21,27H,5,18-20H2,1-4H3,(H,33,37)/t27-/m0/s1. The van der Waals surface area contributed by atoms with E-state index in [9.17, 15) is 18.0 Å². The molecule has 3 rings (SSSR count). The van der Waals surface area contributed by atoms with Crippen molar-refractivity contribution in [1.29, 1.82) is 0 Å². The first-order valence-electron chi connectivity index (χ1n) is 13.1. The Morgan fingerprint density at radius 1 is 0.975 bits per heavy atom. The highest BCUT2D eigenvalue weighted by Crippen LogP contribution is 2.27. The lowest BCUT2D eigenvalue weighted by atomic mass is 10.1. The number of aryl methyl sites for hydroxylation is 1. The molecule has 3 aromatic rings. The molecular weight excluding hydrogens is 553 g/mol. The number of benzene rings is 3. The quantitative estimate of drug-likeness (QED) is 0.300. The van der Waals surface area contributed by atoms with E-state index in [1.807, 2.05) is 20.8 Å². The number of anilines is 1. The van der Waals surface area contributed by atoms with E-state index in [1.165, 1.54) is 35.2 Å². The van der Waals surface area contributed by atoms with Crippen LogP contribution in [0.25, 0.3) is 0 Å². The van der Waals surface area contributed by atoms with Gasteiger partial charge < -0.3 is 10.2 Å². The van der Waals surface area contributed by atoms with Crippen molar-refractivity contribution in [3.8, 4) is 0 Å². The van der Waals surface area contributed by atoms with Crippen LogP contribution >= 0.6 is 11.6 Å². The van der Waals surface area contributed by atoms with Gasteiger partial charge in [0, 0.05) is 18.1 Å². The highest BCUT2D eigenvalue weighted by atomic mass is 35.5. The Balaban J connectivity index is 2.05. The first-order chi connectivity index (χ1) is 18.9. The molecule has 214 valence electrons. The van der Waals surface area contributed by atoms with Gasteiger partial charge in [-0.1, -0.05) is 74.3 Å². The number of nitrogens with zero attached hydrogens (tertiary/aromatic N) is 2. The van der Waals surface area contributed by atoms with Crippen LogP contribution in [0.4, 0.5) is 10.1 Å². The van der Waals surface area contributed by atoms with Gasteiger partial charge in [0.1, 0.15) is 18.4 Å². The molecule has 1 N–H and O–H groups in total. The third-order valence-corrected chi connectivity index (χ3v) is 8.37. The fourth-order valence-corrected chi connectivity index (χ4v) is 5.68. The molecule has 0 aliphatic carbocycles. The molecule has 0 unspecified atom stereocenters. The highest BCUT2D eigenvalue weighted by Gasteiger charge is 2.34. The van der Waals surface area contributed by atoms with Crippen LogP contribution in [0, 0.1) is 18.7 Å². The summed E-state index contributed by atoms with van der Waals surface area (Å²) in [6.07, 6.45) is 0.285. The summed E-state index contributed by atoms with van der Waals surface area (Å²) in [4.78, 5) is 28.4. The van der Waals surface area contributed by atoms with Gasteiger partial charge in [-0.25, -0.2) is 12.8 Å². The minimum atomic E-state index is -4.35. The van der Waals surface area contributed by atoms with Gasteiger partial charge in [0.05, 0.1) is 10.6 Å². The summed E-state index contributed by atoms with van der Waals surface area (Å²) in [6.45, 7) is 7.25. The van der Waals surface area contributed by atoms with Crippen molar-refractivity contribution in [2.75, 3.05) is 17.4 Å². The Hall–Kier alpha value is -3.43. The van der Waals surface area contributed by atoms with Gasteiger partial charge in [-0.2, -0.15) is 0 Å². The first-order valence-corrected chi connectivity index (χ1v) is 14.9. The second-order valence-electron chi connectivity index (χ2n) is 9.99. The zero-order valence-electron chi connectivity index (χ0n) is 23.1. The van der Waals surface area contributed by atoms with Crippen molar-refractivity contribution in [2.45, 2.75) is 51.6 Å². The summed E-state index contributed by atoms with van der Waals surface area (Å²) in [5.74, 6) is -1.60. The topological polar surface area (TPSA) is 86.8 Å². The zero-order valence-corrected chi connectivity index (χ0v) is 24.7. The lowest BCUT2D eigenvalue weighted by Gasteiger charge is -2.33. The lowest BCUT2D eigenvalue weighted by molar-refractivity contribution is -0.140. The van der Waals surface area contributed by atoms with Gasteiger partial charge in [0.15, 0.2) is 0 Å². The summed E-state index contributed by atoms with van der Waals surface area (Å²) in [7, 11) is -4.35. The number of carbonyl (C=O) groups is 2. The van der Waals surface area contributed by atoms with Crippen LogP contribution in [-0.2, 0) is 26.2 Å². The molecule has 7 nitrogen and oxygen atoms in total. The number of para-hydroxylation sites is 1. The smallest absolute Gasteiger partial charge is 0.264 e. The maximum Gasteiger partial charge on any atom is 0.264 e. The zero-order chi connectivity index (χ0) is 29.4. The van der Waals surface area contributed by atoms with Gasteiger partial charge in [-0.15, -0.1) is 0 Å². The van der Waals surface area contributed by atoms with E-state index < -0.39 is 34.3 Å². The Kier molecular flexibility index (Phi) is 10.7. The van der Waals surface area contributed by atoms with E-state index in [0.29, 0.717) is 17.1 Å². The van der Waals surface area contributed by atoms with Crippen LogP contribution in [0.3, 0.4) is 0 Å². The summed E-state index contributed by atoms with van der Waals surface area (Å²) < 4.78 is 43.4. The normalized spacial score (nSPS) is 12.2. The van der Waals surface area contributed by atoms with Crippen molar-refractivity contribution in [3.05, 3.63) is 94.8 Å². The molecule has 40 heavy (non-hydrogen) atoms. The number of sulfonamides is 1. The minimum Gasteiger partial charge on any atom is -0.354 e. The van der Waals surface area contributed by atoms with Crippen LogP contribution < -0.4 is 9.62 Å². The molecule has 0 aromatic heterocycles. The largest absolute Gasteiger partial charge is 0.354 e. The van der Waals surface area contributed by atoms with E-state index in [-0.39, 0.29) is 35.4 Å². The molecule has 0 aliphatic rings. The molecular formula is C30H35ClFN3O4S. The molecule has 3 aromatic carbocycles. The molecule has 0 radical (unpaired) electrons. The summed E-state index contributed by atoms with van der Waals surface area (Å²) >= 11 is 6.04. The summed E-state index contributed by atoms with van der Waals surface area (Å²) in [5, 5.41) is 3.39. The fraction of sp³-hybridized carbons (Fsp3) is 0.333. The van der Waals surface area contributed by atoms with Gasteiger partial charge >= 0.3 is 0 Å². The summed E-state index contributed by atoms with van der Waals surface area (Å²) in [5.41, 5.74) is 1.28. The maximum atomic E-state index is 15.0. The van der Waals surface area contributed by atoms with E-state index in [1.54, 1.807) is 43.3 Å². The van der Waals surface area contributed by atoms with Gasteiger partial charge in [-0.3, -0.25) is 13.9 Å². The predicted octanol–water partition coefficient (Wildman–Crippen LogP) is 5.56. The van der Waals surface area contributed by atoms with Crippen molar-refractivity contribution in [2.24, 2.45) is 5.92 Å². The van der Waals surface area contributed by atoms with E-state index in [2.05, 4.69) is 5.32 Å². The molecule has 0 spiro atoms. The van der Waals surface area contributed by atoms with Crippen LogP contribution in [0.2, 0.25) is 5.02 Å². The Morgan fingerprint density at radius 2 is 1.60 bits per heavy atom. The Morgan fingerprint density at radius 3 is 2.17 bits per heavy atom. The second kappa shape index (κ2) is 13.8. The van der Waals surface area contributed by atoms with Crippen molar-refractivity contribution in [1.82, 2.24) is 10.2 Å². The van der Waals surface area contributed by atoms with Gasteiger partial charge in [-0.05, 0) is 61.2 Å². The van der Waals surface area contributed by atoms with Gasteiger partial charge in [0.2, 0.25) is 11.8 Å². The average Bonchev–Trinajstić information content (AvgIpc) is 2.92. The molecule has 0 saturated carbocycles. The molecule has 0 fully saturated rings. The van der Waals surface area contributed by atoms with Crippen LogP contribution in [-0.4, -0.2) is 44.3 Å². The van der Waals surface area contributed by atoms with E-state index in [4.69, 9.17) is 11.6 Å². The van der Waals surface area contributed by atoms with Crippen LogP contribution in [0.1, 0.15) is 38.3 Å². The highest BCUT2D eigenvalue weighted by molar-refractivity contribution is 7.92. The minimum absolute atomic E-state index is 0.0271. The maximum absolute atomic E-state index is 15.0. The van der Waals surface area contributed by atoms with E-state index >= 15 is 4.39 Å². The molecule has 2 amide bonds. The summed E-state index contributed by atoms with van der Waals surface area (Å²) in [6, 6.07) is 17.4. The van der Waals surface area contributed by atoms with Crippen LogP contribution in [0.15, 0.2) is 77.7 Å². The molecule has 10 heteroatoms. The monoisotopic (exact) mass is 587 g/mol. The van der Waals surface area contributed by atoms with Crippen molar-refractivity contribution < 1.29 is 22.4 Å². The average molecular weight is 588 g/mol. The van der Waals surface area contributed by atoms with Crippen LogP contribution in [0.5, 0.6) is 0 Å². The fourth-order valence-electron chi connectivity index (χ4n) is 4.13. The number of carbonyl (C=O) groups excluding carboxylic acids is 2. The molecule has 1 atom stereocenters. The lowest BCUT2D eigenvalue weighted by Crippen LogP contribution is -2.52. The SMILES string of the molecule is CC[C@@H](C(=O)NCC(C)C)N(Cc1ccc(Cl)cc1)C(=O)CN(c1ccccc1F)S(=O)(=O)c1ccc(C)cc1. The van der Waals surface area contributed by atoms with Crippen molar-refractivity contribution in [3.63, 3.8) is 0 Å². The molecule has 0 heterocycles. The predicted molar refractivity (Wildman–Crippen MR) is 156 cm³/mol. The first kappa shape index (κ1) is 31.1. The molecule has 0 bridgehead atoms. The molecule has 0 aliphatic heterocycles. The second-order valence-corrected chi connectivity index (χ2v) is 12.3. The van der Waals surface area contributed by atoms with E-state index in [0.717, 1.165) is 15.9 Å². The number of rotatable bonds is 12. The van der Waals surface area contributed by atoms with Gasteiger partial charge in [0.25, 0.3) is 10.0 Å². The third kappa shape index (κ3) is 7.82. The van der Waals surface area contributed by atoms with Crippen molar-refractivity contribution >= 4 is 39.1 Å². The number of hydrogen-bond acceptors (Lipinski definition) is 4. The molecule has 0 saturated heterocycles. The number of hydrogen-bond donors (Lipinski definition) is 1.